The average Bonchev–Trinajstić information content (AvgIpc) is 2.75. The average molecular weight is 331 g/mol. The van der Waals surface area contributed by atoms with E-state index in [1.807, 2.05) is 6.92 Å². The lowest BCUT2D eigenvalue weighted by Gasteiger charge is -2.09. The van der Waals surface area contributed by atoms with Crippen LogP contribution in [0, 0.1) is 0 Å². The molecule has 2 rings (SSSR count). The topological polar surface area (TPSA) is 86.0 Å². The lowest BCUT2D eigenvalue weighted by molar-refractivity contribution is 0.598. The zero-order chi connectivity index (χ0) is 15.6. The standard InChI is InChI=1S/C12H15ClN4O3S/c1-3-6-17-7-9(4-5-10(17)18)15-21(19,20)12-11(13)16(2)8-14-12/h4-5,7-8,15H,3,6H2,1-2H3. The Hall–Kier alpha value is -1.80. The van der Waals surface area contributed by atoms with Crippen LogP contribution >= 0.6 is 11.6 Å². The van der Waals surface area contributed by atoms with Crippen LogP contribution in [0.15, 0.2) is 34.5 Å². The van der Waals surface area contributed by atoms with Crippen molar-refractivity contribution in [3.8, 4) is 0 Å². The Morgan fingerprint density at radius 3 is 2.67 bits per heavy atom. The monoisotopic (exact) mass is 330 g/mol. The third-order valence-electron chi connectivity index (χ3n) is 2.79. The van der Waals surface area contributed by atoms with Crippen LogP contribution in [0.2, 0.25) is 5.15 Å². The molecule has 9 heteroatoms. The zero-order valence-electron chi connectivity index (χ0n) is 11.6. The maximum Gasteiger partial charge on any atom is 0.282 e. The second-order valence-corrected chi connectivity index (χ2v) is 6.46. The summed E-state index contributed by atoms with van der Waals surface area (Å²) in [6.07, 6.45) is 3.54. The molecule has 1 N–H and O–H groups in total. The molecule has 0 aliphatic carbocycles. The second-order valence-electron chi connectivity index (χ2n) is 4.51. The van der Waals surface area contributed by atoms with E-state index in [0.717, 1.165) is 6.42 Å². The first kappa shape index (κ1) is 15.6. The predicted octanol–water partition coefficient (Wildman–Crippen LogP) is 1.45. The third-order valence-corrected chi connectivity index (χ3v) is 4.66. The lowest BCUT2D eigenvalue weighted by atomic mass is 10.4. The number of halogens is 1. The summed E-state index contributed by atoms with van der Waals surface area (Å²) in [6.45, 7) is 2.44. The highest BCUT2D eigenvalue weighted by Gasteiger charge is 2.22. The Bertz CT molecular complexity index is 810. The molecule has 2 heterocycles. The highest BCUT2D eigenvalue weighted by Crippen LogP contribution is 2.21. The molecule has 0 amide bonds. The first-order valence-corrected chi connectivity index (χ1v) is 8.11. The Labute approximate surface area is 127 Å². The molecule has 0 spiro atoms. The summed E-state index contributed by atoms with van der Waals surface area (Å²) in [5.41, 5.74) is 0.0976. The molecule has 7 nitrogen and oxygen atoms in total. The number of nitrogens with one attached hydrogen (secondary N) is 1. The summed E-state index contributed by atoms with van der Waals surface area (Å²) in [5, 5.41) is -0.232. The van der Waals surface area contributed by atoms with Crippen LogP contribution in [0.1, 0.15) is 13.3 Å². The second kappa shape index (κ2) is 5.90. The first-order chi connectivity index (χ1) is 9.85. The Morgan fingerprint density at radius 2 is 2.10 bits per heavy atom. The number of hydrogen-bond acceptors (Lipinski definition) is 4. The lowest BCUT2D eigenvalue weighted by Crippen LogP contribution is -2.21. The SMILES string of the molecule is CCCn1cc(NS(=O)(=O)c2ncn(C)c2Cl)ccc1=O. The highest BCUT2D eigenvalue weighted by atomic mass is 35.5. The molecule has 0 fully saturated rings. The normalized spacial score (nSPS) is 11.6. The van der Waals surface area contributed by atoms with E-state index in [4.69, 9.17) is 11.6 Å². The van der Waals surface area contributed by atoms with Crippen LogP contribution in [0.5, 0.6) is 0 Å². The predicted molar refractivity (Wildman–Crippen MR) is 80.0 cm³/mol. The van der Waals surface area contributed by atoms with Crippen LogP contribution in [0.3, 0.4) is 0 Å². The smallest absolute Gasteiger partial charge is 0.282 e. The van der Waals surface area contributed by atoms with Crippen molar-refractivity contribution in [2.45, 2.75) is 24.9 Å². The minimum atomic E-state index is -3.90. The van der Waals surface area contributed by atoms with E-state index in [9.17, 15) is 13.2 Å². The van der Waals surface area contributed by atoms with E-state index >= 15 is 0 Å². The van der Waals surface area contributed by atoms with E-state index in [2.05, 4.69) is 9.71 Å². The van der Waals surface area contributed by atoms with Crippen molar-refractivity contribution in [3.05, 3.63) is 40.2 Å². The number of hydrogen-bond donors (Lipinski definition) is 1. The number of sulfonamides is 1. The maximum absolute atomic E-state index is 12.2. The molecule has 0 saturated carbocycles. The van der Waals surface area contributed by atoms with Crippen LogP contribution in [-0.2, 0) is 23.6 Å². The van der Waals surface area contributed by atoms with Gasteiger partial charge >= 0.3 is 0 Å². The molecular formula is C12H15ClN4O3S. The molecule has 0 bridgehead atoms. The number of anilines is 1. The number of rotatable bonds is 5. The van der Waals surface area contributed by atoms with Gasteiger partial charge in [0.05, 0.1) is 12.0 Å². The number of nitrogens with zero attached hydrogens (tertiary/aromatic N) is 3. The first-order valence-electron chi connectivity index (χ1n) is 6.25. The molecule has 2 aromatic rings. The Morgan fingerprint density at radius 1 is 1.38 bits per heavy atom. The van der Waals surface area contributed by atoms with Gasteiger partial charge in [-0.3, -0.25) is 9.52 Å². The third kappa shape index (κ3) is 3.27. The molecule has 0 aromatic carbocycles. The van der Waals surface area contributed by atoms with Gasteiger partial charge in [0.25, 0.3) is 15.6 Å². The van der Waals surface area contributed by atoms with Gasteiger partial charge in [0, 0.05) is 25.9 Å². The summed E-state index contributed by atoms with van der Waals surface area (Å²) in [7, 11) is -2.30. The molecule has 0 radical (unpaired) electrons. The maximum atomic E-state index is 12.2. The molecule has 114 valence electrons. The quantitative estimate of drug-likeness (QED) is 0.899. The van der Waals surface area contributed by atoms with Crippen molar-refractivity contribution < 1.29 is 8.42 Å². The van der Waals surface area contributed by atoms with Crippen molar-refractivity contribution in [1.82, 2.24) is 14.1 Å². The molecule has 0 unspecified atom stereocenters. The van der Waals surface area contributed by atoms with Gasteiger partial charge in [-0.05, 0) is 12.5 Å². The van der Waals surface area contributed by atoms with E-state index in [1.165, 1.54) is 33.8 Å². The van der Waals surface area contributed by atoms with Crippen molar-refractivity contribution in [1.29, 1.82) is 0 Å². The van der Waals surface area contributed by atoms with Crippen LogP contribution in [0.25, 0.3) is 0 Å². The number of aromatic nitrogens is 3. The molecule has 0 saturated heterocycles. The van der Waals surface area contributed by atoms with Gasteiger partial charge in [0.1, 0.15) is 5.15 Å². The number of pyridine rings is 1. The van der Waals surface area contributed by atoms with Gasteiger partial charge in [0.2, 0.25) is 5.03 Å². The fraction of sp³-hybridized carbons (Fsp3) is 0.333. The van der Waals surface area contributed by atoms with Gasteiger partial charge in [-0.15, -0.1) is 0 Å². The Balaban J connectivity index is 2.35. The van der Waals surface area contributed by atoms with Crippen molar-refractivity contribution >= 4 is 27.3 Å². The molecule has 0 atom stereocenters. The van der Waals surface area contributed by atoms with Crippen LogP contribution in [0.4, 0.5) is 5.69 Å². The number of imidazole rings is 1. The summed E-state index contributed by atoms with van der Waals surface area (Å²) in [5.74, 6) is 0. The minimum absolute atomic E-state index is 0.0179. The van der Waals surface area contributed by atoms with Crippen molar-refractivity contribution in [2.24, 2.45) is 7.05 Å². The molecule has 2 aromatic heterocycles. The molecule has 0 aliphatic rings. The van der Waals surface area contributed by atoms with Gasteiger partial charge in [-0.25, -0.2) is 4.98 Å². The minimum Gasteiger partial charge on any atom is -0.324 e. The zero-order valence-corrected chi connectivity index (χ0v) is 13.1. The fourth-order valence-corrected chi connectivity index (χ4v) is 3.26. The molecule has 0 aliphatic heterocycles. The van der Waals surface area contributed by atoms with Crippen LogP contribution < -0.4 is 10.3 Å². The van der Waals surface area contributed by atoms with Crippen LogP contribution in [-0.4, -0.2) is 22.5 Å². The van der Waals surface area contributed by atoms with Crippen molar-refractivity contribution in [3.63, 3.8) is 0 Å². The van der Waals surface area contributed by atoms with E-state index < -0.39 is 10.0 Å². The summed E-state index contributed by atoms with van der Waals surface area (Å²) >= 11 is 5.89. The van der Waals surface area contributed by atoms with Gasteiger partial charge in [-0.2, -0.15) is 8.42 Å². The van der Waals surface area contributed by atoms with Gasteiger partial charge < -0.3 is 9.13 Å². The van der Waals surface area contributed by atoms with Gasteiger partial charge in [0.15, 0.2) is 0 Å². The molecular weight excluding hydrogens is 316 g/mol. The molecule has 21 heavy (non-hydrogen) atoms. The van der Waals surface area contributed by atoms with E-state index in [-0.39, 0.29) is 21.4 Å². The Kier molecular flexibility index (Phi) is 4.38. The number of aryl methyl sites for hydroxylation is 2. The summed E-state index contributed by atoms with van der Waals surface area (Å²) in [4.78, 5) is 15.4. The van der Waals surface area contributed by atoms with E-state index in [1.54, 1.807) is 7.05 Å². The summed E-state index contributed by atoms with van der Waals surface area (Å²) < 4.78 is 29.7. The largest absolute Gasteiger partial charge is 0.324 e. The highest BCUT2D eigenvalue weighted by molar-refractivity contribution is 7.92. The van der Waals surface area contributed by atoms with Crippen molar-refractivity contribution in [2.75, 3.05) is 4.72 Å². The van der Waals surface area contributed by atoms with E-state index in [0.29, 0.717) is 6.54 Å². The summed E-state index contributed by atoms with van der Waals surface area (Å²) in [6, 6.07) is 2.72. The van der Waals surface area contributed by atoms with Gasteiger partial charge in [-0.1, -0.05) is 18.5 Å². The fourth-order valence-electron chi connectivity index (χ4n) is 1.78.